The molecule has 0 bridgehead atoms. The van der Waals surface area contributed by atoms with E-state index in [9.17, 15) is 22.4 Å². The molecule has 1 amide bonds. The lowest BCUT2D eigenvalue weighted by Crippen LogP contribution is -2.28. The highest BCUT2D eigenvalue weighted by atomic mass is 19.4. The van der Waals surface area contributed by atoms with E-state index >= 15 is 0 Å². The molecule has 1 unspecified atom stereocenters. The maximum Gasteiger partial charge on any atom is 0.416 e. The zero-order valence-electron chi connectivity index (χ0n) is 9.88. The van der Waals surface area contributed by atoms with E-state index in [4.69, 9.17) is 5.73 Å². The minimum Gasteiger partial charge on any atom is -0.337 e. The van der Waals surface area contributed by atoms with Crippen LogP contribution in [0.5, 0.6) is 0 Å². The van der Waals surface area contributed by atoms with Crippen LogP contribution >= 0.6 is 0 Å². The van der Waals surface area contributed by atoms with Crippen LogP contribution in [0.3, 0.4) is 0 Å². The first-order valence-corrected chi connectivity index (χ1v) is 5.66. The lowest BCUT2D eigenvalue weighted by Gasteiger charge is -2.17. The Morgan fingerprint density at radius 2 is 2.05 bits per heavy atom. The fourth-order valence-corrected chi connectivity index (χ4v) is 2.03. The van der Waals surface area contributed by atoms with E-state index in [1.54, 1.807) is 0 Å². The quantitative estimate of drug-likeness (QED) is 0.839. The van der Waals surface area contributed by atoms with Gasteiger partial charge >= 0.3 is 6.18 Å². The molecule has 1 atom stereocenters. The molecule has 1 aromatic rings. The van der Waals surface area contributed by atoms with Crippen molar-refractivity contribution in [1.82, 2.24) is 4.90 Å². The van der Waals surface area contributed by atoms with Crippen molar-refractivity contribution in [1.29, 1.82) is 0 Å². The Kier molecular flexibility index (Phi) is 3.49. The molecule has 3 nitrogen and oxygen atoms in total. The second-order valence-corrected chi connectivity index (χ2v) is 4.54. The van der Waals surface area contributed by atoms with E-state index < -0.39 is 17.6 Å². The van der Waals surface area contributed by atoms with Crippen LogP contribution in [-0.2, 0) is 17.5 Å². The summed E-state index contributed by atoms with van der Waals surface area (Å²) in [5, 5.41) is 0. The Morgan fingerprint density at radius 3 is 2.58 bits per heavy atom. The molecule has 1 aliphatic rings. The molecule has 104 valence electrons. The lowest BCUT2D eigenvalue weighted by atomic mass is 10.1. The summed E-state index contributed by atoms with van der Waals surface area (Å²) in [6.45, 7) is 0.0385. The number of likely N-dealkylation sites (tertiary alicyclic amines) is 1. The molecule has 0 aromatic heterocycles. The van der Waals surface area contributed by atoms with E-state index in [0.29, 0.717) is 6.07 Å². The Bertz CT molecular complexity index is 501. The number of halogens is 4. The number of rotatable bonds is 2. The van der Waals surface area contributed by atoms with Crippen LogP contribution in [0.4, 0.5) is 17.6 Å². The minimum absolute atomic E-state index is 0.139. The van der Waals surface area contributed by atoms with Gasteiger partial charge in [0.15, 0.2) is 0 Å². The molecule has 2 rings (SSSR count). The molecule has 0 saturated carbocycles. The van der Waals surface area contributed by atoms with Gasteiger partial charge in [-0.05, 0) is 18.2 Å². The van der Waals surface area contributed by atoms with Gasteiger partial charge in [0.2, 0.25) is 5.91 Å². The van der Waals surface area contributed by atoms with Crippen LogP contribution in [0.15, 0.2) is 18.2 Å². The van der Waals surface area contributed by atoms with Crippen molar-refractivity contribution in [3.63, 3.8) is 0 Å². The van der Waals surface area contributed by atoms with E-state index in [1.165, 1.54) is 4.90 Å². The molecule has 1 aliphatic heterocycles. The highest BCUT2D eigenvalue weighted by Crippen LogP contribution is 2.30. The molecule has 1 heterocycles. The number of alkyl halides is 3. The predicted molar refractivity (Wildman–Crippen MR) is 59.4 cm³/mol. The van der Waals surface area contributed by atoms with E-state index in [1.807, 2.05) is 0 Å². The van der Waals surface area contributed by atoms with E-state index in [0.717, 1.165) is 12.1 Å². The van der Waals surface area contributed by atoms with Crippen molar-refractivity contribution in [3.05, 3.63) is 35.1 Å². The number of carbonyl (C=O) groups is 1. The van der Waals surface area contributed by atoms with Crippen LogP contribution in [-0.4, -0.2) is 23.4 Å². The topological polar surface area (TPSA) is 46.3 Å². The monoisotopic (exact) mass is 276 g/mol. The summed E-state index contributed by atoms with van der Waals surface area (Å²) in [5.74, 6) is -1.04. The number of carbonyl (C=O) groups excluding carboxylic acids is 1. The smallest absolute Gasteiger partial charge is 0.337 e. The summed E-state index contributed by atoms with van der Waals surface area (Å²) in [6.07, 6.45) is -4.39. The largest absolute Gasteiger partial charge is 0.416 e. The second-order valence-electron chi connectivity index (χ2n) is 4.54. The third-order valence-electron chi connectivity index (χ3n) is 2.98. The SMILES string of the molecule is NC1CC(=O)N(Cc2cc(C(F)(F)F)ccc2F)C1. The normalized spacial score (nSPS) is 20.2. The van der Waals surface area contributed by atoms with Gasteiger partial charge in [0.05, 0.1) is 5.56 Å². The fourth-order valence-electron chi connectivity index (χ4n) is 2.03. The van der Waals surface area contributed by atoms with Gasteiger partial charge in [0.1, 0.15) is 5.82 Å². The first-order valence-electron chi connectivity index (χ1n) is 5.66. The molecule has 19 heavy (non-hydrogen) atoms. The van der Waals surface area contributed by atoms with Gasteiger partial charge in [-0.25, -0.2) is 4.39 Å². The zero-order valence-corrected chi connectivity index (χ0v) is 9.88. The van der Waals surface area contributed by atoms with Crippen molar-refractivity contribution in [2.75, 3.05) is 6.54 Å². The number of hydrogen-bond donors (Lipinski definition) is 1. The maximum absolute atomic E-state index is 13.5. The lowest BCUT2D eigenvalue weighted by molar-refractivity contribution is -0.137. The molecular formula is C12H12F4N2O. The number of benzene rings is 1. The summed E-state index contributed by atoms with van der Waals surface area (Å²) < 4.78 is 51.1. The molecule has 2 N–H and O–H groups in total. The highest BCUT2D eigenvalue weighted by Gasteiger charge is 2.32. The Hall–Kier alpha value is -1.63. The number of nitrogens with two attached hydrogens (primary N) is 1. The first kappa shape index (κ1) is 13.8. The molecule has 1 saturated heterocycles. The minimum atomic E-state index is -4.53. The van der Waals surface area contributed by atoms with Crippen molar-refractivity contribution in [2.24, 2.45) is 5.73 Å². The van der Waals surface area contributed by atoms with Gasteiger partial charge in [-0.15, -0.1) is 0 Å². The predicted octanol–water partition coefficient (Wildman–Crippen LogP) is 1.90. The second kappa shape index (κ2) is 4.80. The van der Waals surface area contributed by atoms with Gasteiger partial charge < -0.3 is 10.6 Å². The summed E-state index contributed by atoms with van der Waals surface area (Å²) in [7, 11) is 0. The molecule has 0 radical (unpaired) electrons. The molecule has 0 spiro atoms. The van der Waals surface area contributed by atoms with E-state index in [2.05, 4.69) is 0 Å². The van der Waals surface area contributed by atoms with Gasteiger partial charge in [-0.1, -0.05) is 0 Å². The van der Waals surface area contributed by atoms with Gasteiger partial charge in [-0.3, -0.25) is 4.79 Å². The standard InChI is InChI=1S/C12H12F4N2O/c13-10-2-1-8(12(14,15)16)3-7(10)5-18-6-9(17)4-11(18)19/h1-3,9H,4-6,17H2. The highest BCUT2D eigenvalue weighted by molar-refractivity contribution is 5.79. The zero-order chi connectivity index (χ0) is 14.2. The van der Waals surface area contributed by atoms with Gasteiger partial charge in [0.25, 0.3) is 0 Å². The summed E-state index contributed by atoms with van der Waals surface area (Å²) in [5.41, 5.74) is 4.48. The molecule has 0 aliphatic carbocycles. The molecule has 1 fully saturated rings. The van der Waals surface area contributed by atoms with Gasteiger partial charge in [-0.2, -0.15) is 13.2 Å². The van der Waals surface area contributed by atoms with Crippen molar-refractivity contribution >= 4 is 5.91 Å². The van der Waals surface area contributed by atoms with Crippen LogP contribution < -0.4 is 5.73 Å². The summed E-state index contributed by atoms with van der Waals surface area (Å²) >= 11 is 0. The van der Waals surface area contributed by atoms with Crippen LogP contribution in [0.25, 0.3) is 0 Å². The molecular weight excluding hydrogens is 264 g/mol. The molecule has 1 aromatic carbocycles. The van der Waals surface area contributed by atoms with Crippen LogP contribution in [0.1, 0.15) is 17.5 Å². The van der Waals surface area contributed by atoms with Crippen molar-refractivity contribution in [3.8, 4) is 0 Å². The maximum atomic E-state index is 13.5. The Labute approximate surface area is 107 Å². The fraction of sp³-hybridized carbons (Fsp3) is 0.417. The average Bonchev–Trinajstić information content (AvgIpc) is 2.59. The van der Waals surface area contributed by atoms with Crippen molar-refractivity contribution in [2.45, 2.75) is 25.2 Å². The Morgan fingerprint density at radius 1 is 1.37 bits per heavy atom. The third-order valence-corrected chi connectivity index (χ3v) is 2.98. The summed E-state index contributed by atoms with van der Waals surface area (Å²) in [6, 6.07) is 1.82. The number of hydrogen-bond acceptors (Lipinski definition) is 2. The number of nitrogens with zero attached hydrogens (tertiary/aromatic N) is 1. The van der Waals surface area contributed by atoms with E-state index in [-0.39, 0.29) is 37.0 Å². The molecule has 7 heteroatoms. The van der Waals surface area contributed by atoms with Gasteiger partial charge in [0, 0.05) is 31.1 Å². The summed E-state index contributed by atoms with van der Waals surface area (Å²) in [4.78, 5) is 12.8. The number of amides is 1. The first-order chi connectivity index (χ1) is 8.77. The van der Waals surface area contributed by atoms with Crippen molar-refractivity contribution < 1.29 is 22.4 Å². The third kappa shape index (κ3) is 3.04. The van der Waals surface area contributed by atoms with Crippen LogP contribution in [0, 0.1) is 5.82 Å². The van der Waals surface area contributed by atoms with Crippen LogP contribution in [0.2, 0.25) is 0 Å². The Balaban J connectivity index is 2.22. The average molecular weight is 276 g/mol.